The molecule has 1 heterocycles. The van der Waals surface area contributed by atoms with E-state index in [4.69, 9.17) is 11.6 Å². The van der Waals surface area contributed by atoms with Gasteiger partial charge in [0.05, 0.1) is 0 Å². The summed E-state index contributed by atoms with van der Waals surface area (Å²) in [5.41, 5.74) is 6.14. The van der Waals surface area contributed by atoms with Crippen LogP contribution in [-0.4, -0.2) is 29.3 Å². The molecule has 4 nitrogen and oxygen atoms in total. The standard InChI is InChI=1S/C23H25ClN4/c1-16-5-7-18(8-6-16)21-15-27-28-23(21)26-14-13-25-22-4-2-3-20(22)17-9-11-19(24)12-10-17/h3,5-12,15,22,25H,2,4,13-14H2,1H3,(H2,26,27,28). The van der Waals surface area contributed by atoms with Crippen molar-refractivity contribution < 1.29 is 0 Å². The Morgan fingerprint density at radius 2 is 1.79 bits per heavy atom. The van der Waals surface area contributed by atoms with Crippen LogP contribution in [0, 0.1) is 6.92 Å². The molecule has 0 radical (unpaired) electrons. The van der Waals surface area contributed by atoms with E-state index in [0.29, 0.717) is 6.04 Å². The van der Waals surface area contributed by atoms with E-state index in [0.717, 1.165) is 42.3 Å². The minimum atomic E-state index is 0.388. The first-order valence-electron chi connectivity index (χ1n) is 9.75. The molecular formula is C23H25ClN4. The summed E-state index contributed by atoms with van der Waals surface area (Å²) in [5.74, 6) is 0.894. The first kappa shape index (κ1) is 18.8. The summed E-state index contributed by atoms with van der Waals surface area (Å²) in [5, 5.41) is 15.2. The molecule has 1 aliphatic rings. The van der Waals surface area contributed by atoms with Gasteiger partial charge in [0.1, 0.15) is 0 Å². The van der Waals surface area contributed by atoms with Gasteiger partial charge in [0.15, 0.2) is 5.82 Å². The van der Waals surface area contributed by atoms with E-state index in [2.05, 4.69) is 70.2 Å². The Hall–Kier alpha value is -2.56. The van der Waals surface area contributed by atoms with Crippen molar-refractivity contribution in [1.29, 1.82) is 0 Å². The van der Waals surface area contributed by atoms with Crippen molar-refractivity contribution in [2.45, 2.75) is 25.8 Å². The van der Waals surface area contributed by atoms with E-state index in [1.807, 2.05) is 18.3 Å². The Kier molecular flexibility index (Phi) is 5.79. The lowest BCUT2D eigenvalue weighted by atomic mass is 10.0. The molecule has 4 rings (SSSR count). The normalized spacial score (nSPS) is 16.2. The van der Waals surface area contributed by atoms with Gasteiger partial charge in [0.25, 0.3) is 0 Å². The van der Waals surface area contributed by atoms with Crippen LogP contribution in [0.5, 0.6) is 0 Å². The van der Waals surface area contributed by atoms with E-state index >= 15 is 0 Å². The van der Waals surface area contributed by atoms with Gasteiger partial charge in [0, 0.05) is 35.9 Å². The summed E-state index contributed by atoms with van der Waals surface area (Å²) in [6, 6.07) is 17.0. The second-order valence-electron chi connectivity index (χ2n) is 7.19. The van der Waals surface area contributed by atoms with Crippen molar-refractivity contribution in [3.63, 3.8) is 0 Å². The summed E-state index contributed by atoms with van der Waals surface area (Å²) in [4.78, 5) is 0. The van der Waals surface area contributed by atoms with Gasteiger partial charge in [-0.1, -0.05) is 59.6 Å². The summed E-state index contributed by atoms with van der Waals surface area (Å²) in [6.45, 7) is 3.78. The van der Waals surface area contributed by atoms with Crippen molar-refractivity contribution >= 4 is 23.0 Å². The van der Waals surface area contributed by atoms with Gasteiger partial charge in [-0.15, -0.1) is 0 Å². The molecule has 0 fully saturated rings. The lowest BCUT2D eigenvalue weighted by molar-refractivity contribution is 0.603. The molecule has 28 heavy (non-hydrogen) atoms. The minimum absolute atomic E-state index is 0.388. The fraction of sp³-hybridized carbons (Fsp3) is 0.261. The number of hydrogen-bond donors (Lipinski definition) is 3. The van der Waals surface area contributed by atoms with Gasteiger partial charge in [-0.2, -0.15) is 5.10 Å². The number of nitrogens with zero attached hydrogens (tertiary/aromatic N) is 1. The van der Waals surface area contributed by atoms with Crippen molar-refractivity contribution in [2.75, 3.05) is 18.4 Å². The molecule has 0 saturated heterocycles. The third kappa shape index (κ3) is 4.29. The van der Waals surface area contributed by atoms with E-state index < -0.39 is 0 Å². The average molecular weight is 393 g/mol. The summed E-state index contributed by atoms with van der Waals surface area (Å²) in [6.07, 6.45) is 6.52. The van der Waals surface area contributed by atoms with Gasteiger partial charge in [-0.25, -0.2) is 0 Å². The molecule has 144 valence electrons. The van der Waals surface area contributed by atoms with Crippen LogP contribution >= 0.6 is 11.6 Å². The second-order valence-corrected chi connectivity index (χ2v) is 7.63. The highest BCUT2D eigenvalue weighted by Crippen LogP contribution is 2.29. The first-order chi connectivity index (χ1) is 13.7. The molecule has 1 aliphatic carbocycles. The fourth-order valence-electron chi connectivity index (χ4n) is 3.68. The van der Waals surface area contributed by atoms with Crippen LogP contribution in [0.15, 0.2) is 60.8 Å². The smallest absolute Gasteiger partial charge is 0.155 e. The predicted molar refractivity (Wildman–Crippen MR) is 118 cm³/mol. The van der Waals surface area contributed by atoms with Gasteiger partial charge in [-0.05, 0) is 48.6 Å². The number of anilines is 1. The highest BCUT2D eigenvalue weighted by molar-refractivity contribution is 6.30. The van der Waals surface area contributed by atoms with E-state index in [1.165, 1.54) is 22.3 Å². The monoisotopic (exact) mass is 392 g/mol. The Bertz CT molecular complexity index is 941. The summed E-state index contributed by atoms with van der Waals surface area (Å²) in [7, 11) is 0. The lowest BCUT2D eigenvalue weighted by Crippen LogP contribution is -2.32. The number of H-pyrrole nitrogens is 1. The number of rotatable bonds is 7. The number of benzene rings is 2. The summed E-state index contributed by atoms with van der Waals surface area (Å²) >= 11 is 6.02. The van der Waals surface area contributed by atoms with Gasteiger partial charge in [-0.3, -0.25) is 5.10 Å². The molecule has 0 saturated carbocycles. The Balaban J connectivity index is 1.32. The van der Waals surface area contributed by atoms with Crippen molar-refractivity contribution in [3.05, 3.63) is 77.0 Å². The number of nitrogens with one attached hydrogen (secondary N) is 3. The molecule has 0 aliphatic heterocycles. The van der Waals surface area contributed by atoms with Crippen LogP contribution < -0.4 is 10.6 Å². The number of halogens is 1. The van der Waals surface area contributed by atoms with Crippen LogP contribution in [0.1, 0.15) is 24.0 Å². The van der Waals surface area contributed by atoms with Gasteiger partial charge >= 0.3 is 0 Å². The Morgan fingerprint density at radius 3 is 2.57 bits per heavy atom. The molecule has 3 N–H and O–H groups in total. The van der Waals surface area contributed by atoms with Crippen molar-refractivity contribution in [3.8, 4) is 11.1 Å². The van der Waals surface area contributed by atoms with Crippen LogP contribution in [0.4, 0.5) is 5.82 Å². The van der Waals surface area contributed by atoms with E-state index in [1.54, 1.807) is 0 Å². The van der Waals surface area contributed by atoms with E-state index in [-0.39, 0.29) is 0 Å². The number of aromatic nitrogens is 2. The number of aryl methyl sites for hydroxylation is 1. The molecule has 1 atom stereocenters. The first-order valence-corrected chi connectivity index (χ1v) is 10.1. The van der Waals surface area contributed by atoms with Crippen LogP contribution in [-0.2, 0) is 0 Å². The maximum absolute atomic E-state index is 6.02. The molecule has 5 heteroatoms. The lowest BCUT2D eigenvalue weighted by Gasteiger charge is -2.18. The molecular weight excluding hydrogens is 368 g/mol. The van der Waals surface area contributed by atoms with Crippen molar-refractivity contribution in [1.82, 2.24) is 15.5 Å². The molecule has 1 aromatic heterocycles. The summed E-state index contributed by atoms with van der Waals surface area (Å²) < 4.78 is 0. The third-order valence-electron chi connectivity index (χ3n) is 5.18. The molecule has 0 amide bonds. The zero-order valence-electron chi connectivity index (χ0n) is 16.0. The Labute approximate surface area is 171 Å². The minimum Gasteiger partial charge on any atom is -0.367 e. The van der Waals surface area contributed by atoms with E-state index in [9.17, 15) is 0 Å². The fourth-order valence-corrected chi connectivity index (χ4v) is 3.81. The zero-order chi connectivity index (χ0) is 19.3. The highest BCUT2D eigenvalue weighted by atomic mass is 35.5. The Morgan fingerprint density at radius 1 is 1.04 bits per heavy atom. The maximum atomic E-state index is 6.02. The molecule has 2 aromatic carbocycles. The highest BCUT2D eigenvalue weighted by Gasteiger charge is 2.19. The van der Waals surface area contributed by atoms with Crippen LogP contribution in [0.25, 0.3) is 16.7 Å². The SMILES string of the molecule is Cc1ccc(-c2c[nH]nc2NCCNC2CCC=C2c2ccc(Cl)cc2)cc1. The molecule has 3 aromatic rings. The largest absolute Gasteiger partial charge is 0.367 e. The van der Waals surface area contributed by atoms with Gasteiger partial charge in [0.2, 0.25) is 0 Å². The van der Waals surface area contributed by atoms with Gasteiger partial charge < -0.3 is 10.6 Å². The maximum Gasteiger partial charge on any atom is 0.155 e. The topological polar surface area (TPSA) is 52.7 Å². The van der Waals surface area contributed by atoms with Crippen LogP contribution in [0.3, 0.4) is 0 Å². The zero-order valence-corrected chi connectivity index (χ0v) is 16.8. The van der Waals surface area contributed by atoms with Crippen LogP contribution in [0.2, 0.25) is 5.02 Å². The molecule has 0 spiro atoms. The molecule has 1 unspecified atom stereocenters. The second kappa shape index (κ2) is 8.63. The predicted octanol–water partition coefficient (Wildman–Crippen LogP) is 5.29. The molecule has 0 bridgehead atoms. The number of aromatic amines is 1. The quantitative estimate of drug-likeness (QED) is 0.479. The number of hydrogen-bond acceptors (Lipinski definition) is 3. The third-order valence-corrected chi connectivity index (χ3v) is 5.44. The average Bonchev–Trinajstić information content (AvgIpc) is 3.36. The van der Waals surface area contributed by atoms with Crippen molar-refractivity contribution in [2.24, 2.45) is 0 Å². The number of allylic oxidation sites excluding steroid dienone is 1.